The van der Waals surface area contributed by atoms with E-state index in [-0.39, 0.29) is 17.2 Å². The molecule has 0 aliphatic carbocycles. The second-order valence-electron chi connectivity index (χ2n) is 8.44. The molecule has 0 bridgehead atoms. The molecule has 184 valence electrons. The Morgan fingerprint density at radius 3 is 2.97 bits per heavy atom. The molecule has 2 aromatic heterocycles. The number of carbonyl (C=O) groups is 1. The second kappa shape index (κ2) is 10.2. The number of hydrogen-bond donors (Lipinski definition) is 3. The summed E-state index contributed by atoms with van der Waals surface area (Å²) in [6, 6.07) is 7.94. The maximum absolute atomic E-state index is 13.2. The molecule has 0 radical (unpaired) electrons. The van der Waals surface area contributed by atoms with Crippen molar-refractivity contribution in [3.63, 3.8) is 0 Å². The van der Waals surface area contributed by atoms with Crippen molar-refractivity contribution in [2.45, 2.75) is 29.5 Å². The Morgan fingerprint density at radius 1 is 1.29 bits per heavy atom. The number of ether oxygens (including phenoxy) is 2. The van der Waals surface area contributed by atoms with Gasteiger partial charge in [0, 0.05) is 36.0 Å². The summed E-state index contributed by atoms with van der Waals surface area (Å²) in [7, 11) is 3.25. The minimum absolute atomic E-state index is 0.0119. The third kappa shape index (κ3) is 4.58. The molecule has 2 atom stereocenters. The summed E-state index contributed by atoms with van der Waals surface area (Å²) in [6.07, 6.45) is 2.63. The van der Waals surface area contributed by atoms with E-state index in [4.69, 9.17) is 14.5 Å². The Hall–Kier alpha value is -3.15. The Morgan fingerprint density at radius 2 is 2.17 bits per heavy atom. The predicted octanol–water partition coefficient (Wildman–Crippen LogP) is 3.05. The number of hydrogen-bond acceptors (Lipinski definition) is 9. The summed E-state index contributed by atoms with van der Waals surface area (Å²) >= 11 is 1.73. The van der Waals surface area contributed by atoms with Crippen LogP contribution in [-0.4, -0.2) is 77.8 Å². The lowest BCUT2D eigenvalue weighted by Crippen LogP contribution is -2.41. The number of benzene rings is 1. The van der Waals surface area contributed by atoms with Gasteiger partial charge in [0.25, 0.3) is 5.91 Å². The first kappa shape index (κ1) is 23.6. The average Bonchev–Trinajstić information content (AvgIpc) is 3.49. The van der Waals surface area contributed by atoms with Gasteiger partial charge in [0.05, 0.1) is 37.9 Å². The van der Waals surface area contributed by atoms with Crippen molar-refractivity contribution in [1.29, 1.82) is 0 Å². The maximum atomic E-state index is 13.2. The topological polar surface area (TPSA) is 117 Å². The number of aliphatic imine (C=N–C) groups is 1. The Kier molecular flexibility index (Phi) is 6.89. The maximum Gasteiger partial charge on any atom is 0.253 e. The first-order chi connectivity index (χ1) is 17.1. The minimum Gasteiger partial charge on any atom is -0.479 e. The number of aromatic amines is 1. The van der Waals surface area contributed by atoms with Crippen LogP contribution < -0.4 is 15.4 Å². The van der Waals surface area contributed by atoms with Crippen molar-refractivity contribution in [1.82, 2.24) is 25.4 Å². The van der Waals surface area contributed by atoms with E-state index in [1.54, 1.807) is 32.2 Å². The van der Waals surface area contributed by atoms with Crippen LogP contribution in [0.1, 0.15) is 35.2 Å². The minimum atomic E-state index is 0.0119. The van der Waals surface area contributed by atoms with Gasteiger partial charge in [0.1, 0.15) is 11.5 Å². The van der Waals surface area contributed by atoms with Crippen LogP contribution in [0.15, 0.2) is 40.4 Å². The number of H-pyrrole nitrogens is 1. The van der Waals surface area contributed by atoms with Crippen LogP contribution >= 0.6 is 11.8 Å². The van der Waals surface area contributed by atoms with E-state index in [1.165, 1.54) is 0 Å². The molecule has 5 rings (SSSR count). The number of amidine groups is 1. The number of pyridine rings is 1. The van der Waals surface area contributed by atoms with E-state index in [9.17, 15) is 4.79 Å². The van der Waals surface area contributed by atoms with E-state index < -0.39 is 0 Å². The highest BCUT2D eigenvalue weighted by Gasteiger charge is 2.39. The number of rotatable bonds is 8. The number of nitrogens with one attached hydrogen (secondary N) is 3. The van der Waals surface area contributed by atoms with Crippen LogP contribution in [0.25, 0.3) is 11.0 Å². The largest absolute Gasteiger partial charge is 0.479 e. The molecule has 11 heteroatoms. The highest BCUT2D eigenvalue weighted by atomic mass is 32.2. The number of fused-ring (bicyclic) bond motifs is 4. The molecule has 0 saturated heterocycles. The van der Waals surface area contributed by atoms with E-state index in [1.807, 2.05) is 23.1 Å². The quantitative estimate of drug-likeness (QED) is 0.437. The zero-order valence-corrected chi connectivity index (χ0v) is 20.8. The molecular formula is C24H29N7O3S. The van der Waals surface area contributed by atoms with E-state index in [2.05, 4.69) is 38.8 Å². The highest BCUT2D eigenvalue weighted by Crippen LogP contribution is 2.46. The molecule has 35 heavy (non-hydrogen) atoms. The van der Waals surface area contributed by atoms with Crippen molar-refractivity contribution in [3.8, 4) is 5.88 Å². The Balaban J connectivity index is 1.41. The van der Waals surface area contributed by atoms with E-state index in [0.29, 0.717) is 43.5 Å². The first-order valence-corrected chi connectivity index (χ1v) is 12.5. The molecular weight excluding hydrogens is 466 g/mol. The molecule has 0 fully saturated rings. The lowest BCUT2D eigenvalue weighted by atomic mass is 9.95. The van der Waals surface area contributed by atoms with Crippen LogP contribution in [-0.2, 0) is 4.74 Å². The summed E-state index contributed by atoms with van der Waals surface area (Å²) in [5.41, 5.74) is 3.24. The number of nitrogens with zero attached hydrogens (tertiary/aromatic N) is 4. The van der Waals surface area contributed by atoms with E-state index in [0.717, 1.165) is 33.8 Å². The number of aromatic nitrogens is 3. The normalized spacial score (nSPS) is 18.7. The number of anilines is 1. The van der Waals surface area contributed by atoms with Gasteiger partial charge in [-0.2, -0.15) is 10.1 Å². The molecule has 10 nitrogen and oxygen atoms in total. The lowest BCUT2D eigenvalue weighted by molar-refractivity contribution is 0.0695. The molecule has 0 spiro atoms. The smallest absolute Gasteiger partial charge is 0.253 e. The van der Waals surface area contributed by atoms with Crippen LogP contribution in [0, 0.1) is 0 Å². The van der Waals surface area contributed by atoms with E-state index >= 15 is 0 Å². The third-order valence-corrected chi connectivity index (χ3v) is 7.48. The molecule has 1 amide bonds. The molecule has 2 unspecified atom stereocenters. The average molecular weight is 496 g/mol. The number of amides is 1. The molecule has 2 aliphatic heterocycles. The van der Waals surface area contributed by atoms with Gasteiger partial charge >= 0.3 is 0 Å². The lowest BCUT2D eigenvalue weighted by Gasteiger charge is -2.27. The standard InChI is InChI=1S/C24H29N7O3S/c1-4-7-31(8-9-33-2)24(32)14-5-6-16-18(11-14)35-23-19(16)21(25-13-26-23)28-17-10-15-12-27-30-20(15)29-22(17)34-3/h5-6,10-12,19,23,26H,4,7-9,13H2,1-3H3,(H,25,28)(H,27,29,30). The SMILES string of the molecule is CCCN(CCOC)C(=O)c1ccc2c(c1)SC1NCN=C(Nc3cc4cn[nH]c4nc3OC)C21. The molecule has 3 aromatic rings. The van der Waals surface area contributed by atoms with Gasteiger partial charge in [-0.05, 0) is 30.2 Å². The van der Waals surface area contributed by atoms with Gasteiger partial charge in [-0.3, -0.25) is 20.2 Å². The van der Waals surface area contributed by atoms with Gasteiger partial charge in [-0.15, -0.1) is 11.8 Å². The fraction of sp³-hybridized carbons (Fsp3) is 0.417. The van der Waals surface area contributed by atoms with Crippen LogP contribution in [0.2, 0.25) is 0 Å². The zero-order chi connectivity index (χ0) is 24.4. The van der Waals surface area contributed by atoms with Gasteiger partial charge in [-0.25, -0.2) is 0 Å². The first-order valence-electron chi connectivity index (χ1n) is 11.6. The molecule has 2 aliphatic rings. The summed E-state index contributed by atoms with van der Waals surface area (Å²) in [5.74, 6) is 1.36. The molecule has 4 heterocycles. The Labute approximate surface area is 207 Å². The highest BCUT2D eigenvalue weighted by molar-refractivity contribution is 8.00. The number of methoxy groups -OCH3 is 2. The fourth-order valence-corrected chi connectivity index (χ4v) is 5.86. The van der Waals surface area contributed by atoms with Crippen molar-refractivity contribution >= 4 is 40.2 Å². The summed E-state index contributed by atoms with van der Waals surface area (Å²) in [6.45, 7) is 4.38. The zero-order valence-electron chi connectivity index (χ0n) is 20.0. The second-order valence-corrected chi connectivity index (χ2v) is 9.62. The van der Waals surface area contributed by atoms with Crippen molar-refractivity contribution in [2.75, 3.05) is 45.9 Å². The monoisotopic (exact) mass is 495 g/mol. The van der Waals surface area contributed by atoms with Crippen molar-refractivity contribution in [2.24, 2.45) is 4.99 Å². The summed E-state index contributed by atoms with van der Waals surface area (Å²) in [5, 5.41) is 14.9. The Bertz CT molecular complexity index is 1260. The molecule has 0 saturated carbocycles. The van der Waals surface area contributed by atoms with Gasteiger partial charge in [0.2, 0.25) is 5.88 Å². The van der Waals surface area contributed by atoms with Crippen LogP contribution in [0.5, 0.6) is 5.88 Å². The summed E-state index contributed by atoms with van der Waals surface area (Å²) < 4.78 is 10.7. The summed E-state index contributed by atoms with van der Waals surface area (Å²) in [4.78, 5) is 25.4. The van der Waals surface area contributed by atoms with Gasteiger partial charge < -0.3 is 19.7 Å². The number of carbonyl (C=O) groups excluding carboxylic acids is 1. The molecule has 1 aromatic carbocycles. The van der Waals surface area contributed by atoms with Crippen LogP contribution in [0.3, 0.4) is 0 Å². The third-order valence-electron chi connectivity index (χ3n) is 6.18. The molecule has 3 N–H and O–H groups in total. The fourth-order valence-electron chi connectivity index (χ4n) is 4.50. The number of thioether (sulfide) groups is 1. The van der Waals surface area contributed by atoms with Crippen LogP contribution in [0.4, 0.5) is 5.69 Å². The van der Waals surface area contributed by atoms with Gasteiger partial charge in [-0.1, -0.05) is 13.0 Å². The van der Waals surface area contributed by atoms with Crippen molar-refractivity contribution < 1.29 is 14.3 Å². The van der Waals surface area contributed by atoms with Crippen molar-refractivity contribution in [3.05, 3.63) is 41.6 Å². The predicted molar refractivity (Wildman–Crippen MR) is 136 cm³/mol. The van der Waals surface area contributed by atoms with Gasteiger partial charge in [0.15, 0.2) is 5.65 Å².